The van der Waals surface area contributed by atoms with Crippen LogP contribution in [-0.2, 0) is 11.8 Å². The quantitative estimate of drug-likeness (QED) is 0.552. The van der Waals surface area contributed by atoms with E-state index in [-0.39, 0.29) is 5.41 Å². The van der Waals surface area contributed by atoms with Crippen LogP contribution < -0.4 is 0 Å². The number of nitriles is 1. The molecule has 0 N–H and O–H groups in total. The van der Waals surface area contributed by atoms with Crippen molar-refractivity contribution in [1.29, 1.82) is 5.26 Å². The molecule has 1 aromatic carbocycles. The molecule has 0 bridgehead atoms. The molecule has 1 saturated carbocycles. The van der Waals surface area contributed by atoms with Crippen LogP contribution in [0.5, 0.6) is 0 Å². The van der Waals surface area contributed by atoms with Gasteiger partial charge >= 0.3 is 0 Å². The molecule has 0 atom stereocenters. The van der Waals surface area contributed by atoms with Crippen LogP contribution in [0, 0.1) is 17.2 Å². The lowest BCUT2D eigenvalue weighted by Gasteiger charge is -2.35. The zero-order valence-electron chi connectivity index (χ0n) is 14.4. The van der Waals surface area contributed by atoms with E-state index in [1.165, 1.54) is 62.5 Å². The second-order valence-electron chi connectivity index (χ2n) is 7.08. The van der Waals surface area contributed by atoms with Crippen LogP contribution in [0.4, 0.5) is 0 Å². The largest absolute Gasteiger partial charge is 0.197 e. The number of rotatable bonds is 7. The second-order valence-corrected chi connectivity index (χ2v) is 7.08. The summed E-state index contributed by atoms with van der Waals surface area (Å²) in [5.41, 5.74) is 2.46. The maximum atomic E-state index is 9.80. The van der Waals surface area contributed by atoms with Crippen molar-refractivity contribution in [3.05, 3.63) is 35.4 Å². The van der Waals surface area contributed by atoms with Gasteiger partial charge in [0, 0.05) is 0 Å². The van der Waals surface area contributed by atoms with Gasteiger partial charge < -0.3 is 0 Å². The molecule has 0 aliphatic heterocycles. The first-order valence-corrected chi connectivity index (χ1v) is 9.24. The standard InChI is InChI=1S/C21H31N/c1-3-5-6-8-19-9-11-20(12-10-19)21(17-22)15-13-18(7-4-2)14-16-21/h9-12,18H,3-8,13-16H2,1-2H3/t18-,21+. The number of hydrogen-bond donors (Lipinski definition) is 0. The zero-order chi connectivity index (χ0) is 15.8. The molecule has 1 heteroatoms. The lowest BCUT2D eigenvalue weighted by atomic mass is 9.67. The van der Waals surface area contributed by atoms with Gasteiger partial charge in [-0.3, -0.25) is 0 Å². The number of nitrogens with zero attached hydrogens (tertiary/aromatic N) is 1. The molecule has 0 aromatic heterocycles. The second kappa shape index (κ2) is 8.37. The first kappa shape index (κ1) is 17.1. The first-order valence-electron chi connectivity index (χ1n) is 9.24. The first-order chi connectivity index (χ1) is 10.7. The highest BCUT2D eigenvalue weighted by Gasteiger charge is 2.36. The van der Waals surface area contributed by atoms with Gasteiger partial charge in [-0.1, -0.05) is 63.8 Å². The van der Waals surface area contributed by atoms with E-state index in [0.29, 0.717) is 0 Å². The van der Waals surface area contributed by atoms with E-state index >= 15 is 0 Å². The van der Waals surface area contributed by atoms with Crippen molar-refractivity contribution in [2.24, 2.45) is 5.92 Å². The van der Waals surface area contributed by atoms with Gasteiger partial charge in [0.15, 0.2) is 0 Å². The molecule has 1 nitrogen and oxygen atoms in total. The molecule has 1 aliphatic rings. The molecular weight excluding hydrogens is 266 g/mol. The molecule has 22 heavy (non-hydrogen) atoms. The Morgan fingerprint density at radius 2 is 1.73 bits per heavy atom. The van der Waals surface area contributed by atoms with Crippen molar-refractivity contribution in [1.82, 2.24) is 0 Å². The van der Waals surface area contributed by atoms with Gasteiger partial charge in [0.05, 0.1) is 11.5 Å². The van der Waals surface area contributed by atoms with Gasteiger partial charge in [0.1, 0.15) is 0 Å². The van der Waals surface area contributed by atoms with Gasteiger partial charge in [0.25, 0.3) is 0 Å². The van der Waals surface area contributed by atoms with Crippen LogP contribution in [0.1, 0.15) is 82.8 Å². The molecule has 0 saturated heterocycles. The molecule has 2 rings (SSSR count). The van der Waals surface area contributed by atoms with E-state index in [1.54, 1.807) is 0 Å². The van der Waals surface area contributed by atoms with E-state index in [2.05, 4.69) is 44.2 Å². The third-order valence-electron chi connectivity index (χ3n) is 5.45. The van der Waals surface area contributed by atoms with Gasteiger partial charge in [0.2, 0.25) is 0 Å². The fraction of sp³-hybridized carbons (Fsp3) is 0.667. The van der Waals surface area contributed by atoms with Crippen molar-refractivity contribution in [3.63, 3.8) is 0 Å². The molecule has 120 valence electrons. The van der Waals surface area contributed by atoms with E-state index in [0.717, 1.165) is 18.8 Å². The topological polar surface area (TPSA) is 23.8 Å². The van der Waals surface area contributed by atoms with Crippen molar-refractivity contribution >= 4 is 0 Å². The van der Waals surface area contributed by atoms with Crippen molar-refractivity contribution in [2.75, 3.05) is 0 Å². The highest BCUT2D eigenvalue weighted by Crippen LogP contribution is 2.42. The number of aryl methyl sites for hydroxylation is 1. The van der Waals surface area contributed by atoms with E-state index in [9.17, 15) is 5.26 Å². The fourth-order valence-corrected chi connectivity index (χ4v) is 3.90. The molecular formula is C21H31N. The Labute approximate surface area is 136 Å². The van der Waals surface area contributed by atoms with Gasteiger partial charge in [-0.2, -0.15) is 5.26 Å². The zero-order valence-corrected chi connectivity index (χ0v) is 14.4. The number of unbranched alkanes of at least 4 members (excludes halogenated alkanes) is 2. The van der Waals surface area contributed by atoms with Gasteiger partial charge in [-0.15, -0.1) is 0 Å². The van der Waals surface area contributed by atoms with Gasteiger partial charge in [-0.05, 0) is 55.6 Å². The molecule has 0 heterocycles. The minimum Gasteiger partial charge on any atom is -0.197 e. The minimum atomic E-state index is -0.216. The summed E-state index contributed by atoms with van der Waals surface area (Å²) in [5.74, 6) is 0.847. The highest BCUT2D eigenvalue weighted by atomic mass is 14.4. The Morgan fingerprint density at radius 1 is 1.05 bits per heavy atom. The molecule has 0 spiro atoms. The summed E-state index contributed by atoms with van der Waals surface area (Å²) in [6.07, 6.45) is 12.2. The average Bonchev–Trinajstić information content (AvgIpc) is 2.57. The van der Waals surface area contributed by atoms with E-state index < -0.39 is 0 Å². The molecule has 1 aliphatic carbocycles. The van der Waals surface area contributed by atoms with Crippen LogP contribution in [0.3, 0.4) is 0 Å². The minimum absolute atomic E-state index is 0.216. The Hall–Kier alpha value is -1.29. The smallest absolute Gasteiger partial charge is 0.0822 e. The average molecular weight is 297 g/mol. The van der Waals surface area contributed by atoms with Crippen LogP contribution >= 0.6 is 0 Å². The Bertz CT molecular complexity index is 472. The summed E-state index contributed by atoms with van der Waals surface area (Å²) in [6, 6.07) is 11.6. The molecule has 1 fully saturated rings. The predicted octanol–water partition coefficient (Wildman–Crippen LogP) is 6.17. The summed E-state index contributed by atoms with van der Waals surface area (Å²) in [7, 11) is 0. The predicted molar refractivity (Wildman–Crippen MR) is 93.8 cm³/mol. The van der Waals surface area contributed by atoms with Crippen LogP contribution in [-0.4, -0.2) is 0 Å². The lowest BCUT2D eigenvalue weighted by molar-refractivity contribution is 0.265. The SMILES string of the molecule is CCCCCc1ccc([C@]2(C#N)CC[C@H](CCC)CC2)cc1. The Balaban J connectivity index is 2.01. The molecule has 1 aromatic rings. The monoisotopic (exact) mass is 297 g/mol. The van der Waals surface area contributed by atoms with Gasteiger partial charge in [-0.25, -0.2) is 0 Å². The normalized spacial score (nSPS) is 24.9. The molecule has 0 unspecified atom stereocenters. The van der Waals surface area contributed by atoms with Crippen LogP contribution in [0.25, 0.3) is 0 Å². The molecule has 0 amide bonds. The third-order valence-corrected chi connectivity index (χ3v) is 5.45. The summed E-state index contributed by atoms with van der Waals surface area (Å²) in [5, 5.41) is 9.80. The summed E-state index contributed by atoms with van der Waals surface area (Å²) >= 11 is 0. The van der Waals surface area contributed by atoms with Crippen LogP contribution in [0.15, 0.2) is 24.3 Å². The number of benzene rings is 1. The van der Waals surface area contributed by atoms with Crippen molar-refractivity contribution < 1.29 is 0 Å². The highest BCUT2D eigenvalue weighted by molar-refractivity contribution is 5.35. The maximum Gasteiger partial charge on any atom is 0.0822 e. The lowest BCUT2D eigenvalue weighted by Crippen LogP contribution is -2.30. The fourth-order valence-electron chi connectivity index (χ4n) is 3.90. The Kier molecular flexibility index (Phi) is 6.49. The number of hydrogen-bond acceptors (Lipinski definition) is 1. The maximum absolute atomic E-state index is 9.80. The van der Waals surface area contributed by atoms with E-state index in [1.807, 2.05) is 0 Å². The third kappa shape index (κ3) is 4.13. The van der Waals surface area contributed by atoms with Crippen LogP contribution in [0.2, 0.25) is 0 Å². The Morgan fingerprint density at radius 3 is 2.27 bits per heavy atom. The summed E-state index contributed by atoms with van der Waals surface area (Å²) in [6.45, 7) is 4.51. The van der Waals surface area contributed by atoms with E-state index in [4.69, 9.17) is 0 Å². The van der Waals surface area contributed by atoms with Crippen molar-refractivity contribution in [3.8, 4) is 6.07 Å². The van der Waals surface area contributed by atoms with Crippen molar-refractivity contribution in [2.45, 2.75) is 83.5 Å². The summed E-state index contributed by atoms with van der Waals surface area (Å²) < 4.78 is 0. The summed E-state index contributed by atoms with van der Waals surface area (Å²) in [4.78, 5) is 0. The molecule has 0 radical (unpaired) electrons.